The minimum Gasteiger partial charge on any atom is -0.444 e. The van der Waals surface area contributed by atoms with Crippen molar-refractivity contribution in [2.75, 3.05) is 6.54 Å². The lowest BCUT2D eigenvalue weighted by molar-refractivity contribution is 0.0215. The fourth-order valence-corrected chi connectivity index (χ4v) is 4.84. The average molecular weight is 462 g/mol. The minimum atomic E-state index is -0.503. The highest BCUT2D eigenvalue weighted by Gasteiger charge is 2.38. The average Bonchev–Trinajstić information content (AvgIpc) is 3.26. The molecule has 1 fully saturated rings. The van der Waals surface area contributed by atoms with Crippen LogP contribution in [0, 0.1) is 5.92 Å². The Balaban J connectivity index is 1.60. The number of hydrogen-bond donors (Lipinski definition) is 1. The molecule has 1 aliphatic heterocycles. The molecule has 3 aromatic rings. The van der Waals surface area contributed by atoms with Crippen molar-refractivity contribution in [3.8, 4) is 10.4 Å². The van der Waals surface area contributed by atoms with Crippen LogP contribution in [-0.2, 0) is 4.74 Å². The van der Waals surface area contributed by atoms with Crippen molar-refractivity contribution in [3.05, 3.63) is 40.6 Å². The predicted molar refractivity (Wildman–Crippen MR) is 117 cm³/mol. The van der Waals surface area contributed by atoms with Crippen LogP contribution in [-0.4, -0.2) is 33.1 Å². The molecular formula is C21H24BrN3O2S. The van der Waals surface area contributed by atoms with Crippen molar-refractivity contribution in [2.24, 2.45) is 5.92 Å². The number of carbonyl (C=O) groups excluding carboxylic acids is 1. The van der Waals surface area contributed by atoms with Crippen molar-refractivity contribution in [1.29, 1.82) is 0 Å². The maximum absolute atomic E-state index is 12.7. The van der Waals surface area contributed by atoms with E-state index in [2.05, 4.69) is 46.0 Å². The molecule has 0 radical (unpaired) electrons. The third-order valence-electron chi connectivity index (χ3n) is 4.78. The number of halogens is 1. The highest BCUT2D eigenvalue weighted by atomic mass is 79.9. The first-order valence-corrected chi connectivity index (χ1v) is 11.1. The van der Waals surface area contributed by atoms with Crippen molar-refractivity contribution in [1.82, 2.24) is 14.9 Å². The van der Waals surface area contributed by atoms with Crippen LogP contribution in [0.15, 0.2) is 34.8 Å². The van der Waals surface area contributed by atoms with E-state index in [9.17, 15) is 4.79 Å². The number of nitrogens with one attached hydrogen (secondary N) is 1. The second kappa shape index (κ2) is 7.19. The Morgan fingerprint density at radius 3 is 2.68 bits per heavy atom. The van der Waals surface area contributed by atoms with Crippen molar-refractivity contribution in [3.63, 3.8) is 0 Å². The van der Waals surface area contributed by atoms with E-state index in [4.69, 9.17) is 9.72 Å². The molecule has 3 heterocycles. The Hall–Kier alpha value is -1.86. The van der Waals surface area contributed by atoms with E-state index < -0.39 is 5.60 Å². The molecule has 0 aliphatic carbocycles. The highest BCUT2D eigenvalue weighted by molar-refractivity contribution is 9.10. The van der Waals surface area contributed by atoms with Crippen LogP contribution in [0.2, 0.25) is 0 Å². The molecule has 5 nitrogen and oxygen atoms in total. The van der Waals surface area contributed by atoms with Gasteiger partial charge in [-0.15, -0.1) is 11.3 Å². The topological polar surface area (TPSA) is 58.2 Å². The van der Waals surface area contributed by atoms with Gasteiger partial charge < -0.3 is 9.72 Å². The zero-order valence-corrected chi connectivity index (χ0v) is 18.9. The van der Waals surface area contributed by atoms with Crippen LogP contribution < -0.4 is 0 Å². The lowest BCUT2D eigenvalue weighted by Gasteiger charge is -2.27. The number of likely N-dealkylation sites (tertiary alicyclic amines) is 1. The van der Waals surface area contributed by atoms with Crippen molar-refractivity contribution >= 4 is 43.7 Å². The maximum atomic E-state index is 12.7. The summed E-state index contributed by atoms with van der Waals surface area (Å²) in [5, 5.41) is 0. The van der Waals surface area contributed by atoms with Gasteiger partial charge in [0, 0.05) is 15.9 Å². The van der Waals surface area contributed by atoms with Crippen LogP contribution >= 0.6 is 27.3 Å². The number of benzene rings is 1. The fourth-order valence-electron chi connectivity index (χ4n) is 3.57. The smallest absolute Gasteiger partial charge is 0.410 e. The number of aromatic amines is 1. The molecular weight excluding hydrogens is 438 g/mol. The second-order valence-electron chi connectivity index (χ2n) is 8.45. The van der Waals surface area contributed by atoms with Crippen molar-refractivity contribution in [2.45, 2.75) is 45.8 Å². The Morgan fingerprint density at radius 1 is 1.32 bits per heavy atom. The molecule has 7 heteroatoms. The molecule has 1 N–H and O–H groups in total. The Labute approximate surface area is 177 Å². The third kappa shape index (κ3) is 3.96. The molecule has 0 unspecified atom stereocenters. The first-order valence-electron chi connectivity index (χ1n) is 9.44. The van der Waals surface area contributed by atoms with E-state index in [1.54, 1.807) is 11.3 Å². The van der Waals surface area contributed by atoms with Gasteiger partial charge in [0.15, 0.2) is 0 Å². The number of amides is 1. The van der Waals surface area contributed by atoms with Gasteiger partial charge in [-0.25, -0.2) is 9.78 Å². The lowest BCUT2D eigenvalue weighted by atomic mass is 10.1. The molecule has 4 rings (SSSR count). The van der Waals surface area contributed by atoms with Gasteiger partial charge in [0.25, 0.3) is 0 Å². The summed E-state index contributed by atoms with van der Waals surface area (Å²) in [4.78, 5) is 24.9. The number of imidazole rings is 1. The Bertz CT molecular complexity index is 971. The van der Waals surface area contributed by atoms with Gasteiger partial charge in [0.1, 0.15) is 16.3 Å². The summed E-state index contributed by atoms with van der Waals surface area (Å²) in [6.07, 6.45) is 0.622. The van der Waals surface area contributed by atoms with Gasteiger partial charge in [0.2, 0.25) is 0 Å². The zero-order valence-electron chi connectivity index (χ0n) is 16.5. The van der Waals surface area contributed by atoms with Gasteiger partial charge in [-0.05, 0) is 56.9 Å². The quantitative estimate of drug-likeness (QED) is 0.481. The highest BCUT2D eigenvalue weighted by Crippen LogP contribution is 2.38. The summed E-state index contributed by atoms with van der Waals surface area (Å²) in [5.41, 5.74) is 1.68. The van der Waals surface area contributed by atoms with Crippen LogP contribution in [0.4, 0.5) is 4.79 Å². The normalized spacial score (nSPS) is 20.1. The summed E-state index contributed by atoms with van der Waals surface area (Å²) < 4.78 is 6.67. The zero-order chi connectivity index (χ0) is 20.1. The number of fused-ring (bicyclic) bond motifs is 1. The number of carbonyl (C=O) groups is 1. The number of hydrogen-bond acceptors (Lipinski definition) is 4. The van der Waals surface area contributed by atoms with Gasteiger partial charge in [-0.3, -0.25) is 4.90 Å². The van der Waals surface area contributed by atoms with E-state index in [0.717, 1.165) is 27.1 Å². The molecule has 1 aliphatic rings. The van der Waals surface area contributed by atoms with Gasteiger partial charge in [0.05, 0.1) is 11.6 Å². The maximum Gasteiger partial charge on any atom is 0.410 e. The molecule has 0 saturated carbocycles. The lowest BCUT2D eigenvalue weighted by Crippen LogP contribution is -2.37. The Kier molecular flexibility index (Phi) is 5.00. The van der Waals surface area contributed by atoms with E-state index in [0.29, 0.717) is 12.5 Å². The largest absolute Gasteiger partial charge is 0.444 e. The molecule has 0 spiro atoms. The molecule has 28 heavy (non-hydrogen) atoms. The third-order valence-corrected chi connectivity index (χ3v) is 6.39. The number of ether oxygens (including phenoxy) is 1. The standard InChI is InChI=1S/C21H24BrN3O2S/c1-12-9-16(25(11-12)20(26)27-21(2,3)4)18-23-15-10-17(28-19(15)24-18)13-5-7-14(22)8-6-13/h5-8,10,12,16H,9,11H2,1-4H3,(H,23,24)/t12-,16-/m0/s1. The summed E-state index contributed by atoms with van der Waals surface area (Å²) in [7, 11) is 0. The first-order chi connectivity index (χ1) is 13.2. The van der Waals surface area contributed by atoms with Crippen LogP contribution in [0.1, 0.15) is 46.0 Å². The number of aromatic nitrogens is 2. The monoisotopic (exact) mass is 461 g/mol. The number of rotatable bonds is 2. The van der Waals surface area contributed by atoms with E-state index in [1.165, 1.54) is 10.4 Å². The molecule has 148 valence electrons. The van der Waals surface area contributed by atoms with Gasteiger partial charge >= 0.3 is 6.09 Å². The molecule has 1 aromatic carbocycles. The van der Waals surface area contributed by atoms with E-state index >= 15 is 0 Å². The summed E-state index contributed by atoms with van der Waals surface area (Å²) >= 11 is 5.14. The number of thiophene rings is 1. The molecule has 1 saturated heterocycles. The number of H-pyrrole nitrogens is 1. The molecule has 1 amide bonds. The van der Waals surface area contributed by atoms with Gasteiger partial charge in [-0.1, -0.05) is 35.0 Å². The number of nitrogens with zero attached hydrogens (tertiary/aromatic N) is 2. The summed E-state index contributed by atoms with van der Waals surface area (Å²) in [6, 6.07) is 10.3. The second-order valence-corrected chi connectivity index (χ2v) is 10.4. The van der Waals surface area contributed by atoms with Crippen LogP contribution in [0.3, 0.4) is 0 Å². The van der Waals surface area contributed by atoms with Crippen molar-refractivity contribution < 1.29 is 9.53 Å². The molecule has 0 bridgehead atoms. The van der Waals surface area contributed by atoms with Crippen LogP contribution in [0.25, 0.3) is 20.8 Å². The summed E-state index contributed by atoms with van der Waals surface area (Å²) in [6.45, 7) is 8.54. The predicted octanol–water partition coefficient (Wildman–Crippen LogP) is 6.37. The SMILES string of the molecule is C[C@H]1C[C@@H](c2nc3sc(-c4ccc(Br)cc4)cc3[nH]2)N(C(=O)OC(C)(C)C)C1. The first kappa shape index (κ1) is 19.5. The van der Waals surface area contributed by atoms with Crippen LogP contribution in [0.5, 0.6) is 0 Å². The molecule has 2 atom stereocenters. The Morgan fingerprint density at radius 2 is 2.04 bits per heavy atom. The van der Waals surface area contributed by atoms with E-state index in [-0.39, 0.29) is 12.1 Å². The van der Waals surface area contributed by atoms with E-state index in [1.807, 2.05) is 37.8 Å². The van der Waals surface area contributed by atoms with Gasteiger partial charge in [-0.2, -0.15) is 0 Å². The minimum absolute atomic E-state index is 0.0689. The fraction of sp³-hybridized carbons (Fsp3) is 0.429. The summed E-state index contributed by atoms with van der Waals surface area (Å²) in [5.74, 6) is 1.26. The molecule has 2 aromatic heterocycles.